The molecule has 0 aliphatic heterocycles. The summed E-state index contributed by atoms with van der Waals surface area (Å²) in [7, 11) is 2.96. The van der Waals surface area contributed by atoms with Crippen LogP contribution in [0.25, 0.3) is 33.8 Å². The molecule has 6 aromatic rings. The number of aromatic amines is 3. The van der Waals surface area contributed by atoms with Crippen LogP contribution >= 0.6 is 34.8 Å². The fourth-order valence-corrected chi connectivity index (χ4v) is 4.20. The smallest absolute Gasteiger partial charge is 1.00 e. The Kier molecular flexibility index (Phi) is 16.5. The number of hydroxylamine groups is 2. The Hall–Kier alpha value is -4.14. The Bertz CT molecular complexity index is 1960. The molecule has 0 bridgehead atoms. The van der Waals surface area contributed by atoms with E-state index in [1.54, 1.807) is 60.7 Å². The maximum Gasteiger partial charge on any atom is 1.00 e. The Morgan fingerprint density at radius 1 is 0.714 bits per heavy atom. The zero-order valence-electron chi connectivity index (χ0n) is 27.3. The average Bonchev–Trinajstić information content (AvgIpc) is 3.87. The van der Waals surface area contributed by atoms with Gasteiger partial charge in [-0.05, 0) is 54.6 Å². The molecule has 4 N–H and O–H groups in total. The molecule has 0 unspecified atom stereocenters. The van der Waals surface area contributed by atoms with Gasteiger partial charge in [-0.3, -0.25) is 29.7 Å². The average molecular weight is 730 g/mol. The van der Waals surface area contributed by atoms with E-state index in [9.17, 15) is 14.4 Å². The number of carbonyl (C=O) groups excluding carboxylic acids is 2. The standard InChI is InChI=1S/C12H12ClN3O2.C10H7ClN2O2.C10H7ClN2O.Al.Li.H/c1-16(18-2)12(17)11-7-10(14-15-11)8-3-5-9(13)6-4-8;11-7-3-1-6(2-4-7)8-5-9(10(14)15)13-12-8;11-8-3-1-7(2-4-8)10-5-9(6-14)12-13-10;;;/h3-7H,1-2H3,(H,14,15);1-5H,(H,12,13)(H,14,15);1-6H,(H,12,13);;;/q;;;;+1;-1. The number of nitrogens with one attached hydrogen (secondary N) is 3. The molecular formula is C32H27AlCl3LiN7O5. The van der Waals surface area contributed by atoms with E-state index in [1.807, 2.05) is 24.3 Å². The fraction of sp³-hybridized carbons (Fsp3) is 0.0625. The maximum atomic E-state index is 11.8. The number of aromatic nitrogens is 6. The summed E-state index contributed by atoms with van der Waals surface area (Å²) in [5.74, 6) is -1.31. The quantitative estimate of drug-likeness (QED) is 0.108. The summed E-state index contributed by atoms with van der Waals surface area (Å²) >= 11 is 17.3. The van der Waals surface area contributed by atoms with Gasteiger partial charge in [0.15, 0.2) is 6.29 Å². The number of carbonyl (C=O) groups is 3. The van der Waals surface area contributed by atoms with Gasteiger partial charge in [0.1, 0.15) is 11.4 Å². The molecule has 0 saturated heterocycles. The van der Waals surface area contributed by atoms with Crippen molar-refractivity contribution in [3.8, 4) is 33.8 Å². The van der Waals surface area contributed by atoms with Gasteiger partial charge in [-0.15, -0.1) is 0 Å². The van der Waals surface area contributed by atoms with E-state index < -0.39 is 5.97 Å². The predicted octanol–water partition coefficient (Wildman–Crippen LogP) is 4.07. The molecule has 0 atom stereocenters. The number of aldehydes is 1. The number of H-pyrrole nitrogens is 3. The molecule has 0 saturated carbocycles. The van der Waals surface area contributed by atoms with Crippen LogP contribution in [0.4, 0.5) is 0 Å². The van der Waals surface area contributed by atoms with Crippen molar-refractivity contribution in [2.24, 2.45) is 0 Å². The van der Waals surface area contributed by atoms with Crippen molar-refractivity contribution in [3.05, 3.63) is 123 Å². The Labute approximate surface area is 319 Å². The minimum absolute atomic E-state index is 0. The largest absolute Gasteiger partial charge is 1.00 e. The van der Waals surface area contributed by atoms with Crippen molar-refractivity contribution in [2.45, 2.75) is 0 Å². The van der Waals surface area contributed by atoms with E-state index in [1.165, 1.54) is 20.2 Å². The molecule has 0 aliphatic rings. The summed E-state index contributed by atoms with van der Waals surface area (Å²) in [6.07, 6.45) is 0.729. The Morgan fingerprint density at radius 3 is 1.43 bits per heavy atom. The summed E-state index contributed by atoms with van der Waals surface area (Å²) in [5, 5.41) is 31.5. The van der Waals surface area contributed by atoms with Crippen molar-refractivity contribution in [3.63, 3.8) is 0 Å². The van der Waals surface area contributed by atoms with E-state index >= 15 is 0 Å². The second kappa shape index (κ2) is 19.8. The number of amides is 1. The molecule has 49 heavy (non-hydrogen) atoms. The van der Waals surface area contributed by atoms with Crippen LogP contribution in [0.2, 0.25) is 15.1 Å². The van der Waals surface area contributed by atoms with Crippen molar-refractivity contribution in [1.82, 2.24) is 35.7 Å². The molecule has 1 amide bonds. The van der Waals surface area contributed by atoms with Gasteiger partial charge in [0.05, 0.1) is 29.9 Å². The maximum absolute atomic E-state index is 11.8. The Morgan fingerprint density at radius 2 is 1.08 bits per heavy atom. The van der Waals surface area contributed by atoms with Crippen LogP contribution < -0.4 is 18.9 Å². The minimum Gasteiger partial charge on any atom is -1.00 e. The van der Waals surface area contributed by atoms with E-state index in [-0.39, 0.29) is 49.2 Å². The van der Waals surface area contributed by atoms with Crippen molar-refractivity contribution in [2.75, 3.05) is 14.2 Å². The first-order valence-electron chi connectivity index (χ1n) is 13.5. The molecule has 3 heterocycles. The third-order valence-corrected chi connectivity index (χ3v) is 7.08. The molecular weight excluding hydrogens is 703 g/mol. The summed E-state index contributed by atoms with van der Waals surface area (Å²) in [6.45, 7) is 0. The third-order valence-electron chi connectivity index (χ3n) is 6.32. The molecule has 17 heteroatoms. The van der Waals surface area contributed by atoms with Crippen molar-refractivity contribution < 1.29 is 44.6 Å². The first kappa shape index (κ1) is 41.0. The van der Waals surface area contributed by atoms with Crippen LogP contribution in [0.15, 0.2) is 91.0 Å². The molecule has 3 aromatic carbocycles. The zero-order valence-corrected chi connectivity index (χ0v) is 29.7. The minimum atomic E-state index is -1.03. The summed E-state index contributed by atoms with van der Waals surface area (Å²) in [6, 6.07) is 26.4. The molecule has 245 valence electrons. The van der Waals surface area contributed by atoms with Crippen LogP contribution in [0.3, 0.4) is 0 Å². The van der Waals surface area contributed by atoms with Crippen molar-refractivity contribution in [1.29, 1.82) is 0 Å². The number of nitrogens with zero attached hydrogens (tertiary/aromatic N) is 4. The van der Waals surface area contributed by atoms with Crippen LogP contribution in [-0.2, 0) is 4.84 Å². The van der Waals surface area contributed by atoms with Gasteiger partial charge < -0.3 is 6.53 Å². The van der Waals surface area contributed by atoms with E-state index in [4.69, 9.17) is 44.7 Å². The monoisotopic (exact) mass is 728 g/mol. The van der Waals surface area contributed by atoms with Crippen LogP contribution in [0.1, 0.15) is 32.9 Å². The molecule has 6 rings (SSSR count). The summed E-state index contributed by atoms with van der Waals surface area (Å²) < 4.78 is 0. The van der Waals surface area contributed by atoms with Gasteiger partial charge in [0.2, 0.25) is 0 Å². The number of carboxylic acids is 1. The second-order valence-corrected chi connectivity index (χ2v) is 10.8. The Balaban J connectivity index is 0.000000367. The molecule has 0 spiro atoms. The molecule has 3 radical (unpaired) electrons. The van der Waals surface area contributed by atoms with Crippen LogP contribution in [0, 0.1) is 0 Å². The SMILES string of the molecule is CON(C)C(=O)c1cc(-c2ccc(Cl)cc2)n[nH]1.O=C(O)c1cc(-c2ccc(Cl)cc2)n[nH]1.O=Cc1cc(-c2ccc(Cl)cc2)n[nH]1.[Al].[H-].[Li+]. The third kappa shape index (κ3) is 11.8. The van der Waals surface area contributed by atoms with Crippen LogP contribution in [0.5, 0.6) is 0 Å². The van der Waals surface area contributed by atoms with Crippen LogP contribution in [-0.4, -0.2) is 90.4 Å². The van der Waals surface area contributed by atoms with Gasteiger partial charge in [0.25, 0.3) is 5.91 Å². The zero-order chi connectivity index (χ0) is 33.9. The normalized spacial score (nSPS) is 9.82. The number of rotatable bonds is 7. The van der Waals surface area contributed by atoms with Gasteiger partial charge in [-0.1, -0.05) is 71.2 Å². The topological polar surface area (TPSA) is 170 Å². The predicted molar refractivity (Wildman–Crippen MR) is 185 cm³/mol. The van der Waals surface area contributed by atoms with E-state index in [0.717, 1.165) is 33.7 Å². The summed E-state index contributed by atoms with van der Waals surface area (Å²) in [5.41, 5.74) is 5.54. The number of aromatic carboxylic acids is 1. The second-order valence-electron chi connectivity index (χ2n) is 9.47. The van der Waals surface area contributed by atoms with Crippen molar-refractivity contribution >= 4 is 70.3 Å². The molecule has 12 nitrogen and oxygen atoms in total. The van der Waals surface area contributed by atoms with Gasteiger partial charge in [-0.25, -0.2) is 9.86 Å². The molecule has 3 aromatic heterocycles. The summed E-state index contributed by atoms with van der Waals surface area (Å²) in [4.78, 5) is 37.6. The molecule has 0 aliphatic carbocycles. The van der Waals surface area contributed by atoms with Gasteiger partial charge >= 0.3 is 24.8 Å². The first-order valence-corrected chi connectivity index (χ1v) is 14.7. The number of hydrogen-bond acceptors (Lipinski definition) is 7. The van der Waals surface area contributed by atoms with E-state index in [0.29, 0.717) is 37.8 Å². The van der Waals surface area contributed by atoms with Gasteiger partial charge in [0, 0.05) is 56.2 Å². The first-order chi connectivity index (χ1) is 22.6. The number of carboxylic acid groups (broad SMARTS) is 1. The fourth-order valence-electron chi connectivity index (χ4n) is 3.82. The number of halogens is 3. The number of benzene rings is 3. The number of hydrogen-bond donors (Lipinski definition) is 4. The van der Waals surface area contributed by atoms with E-state index in [2.05, 4.69) is 30.6 Å². The molecule has 0 fully saturated rings. The van der Waals surface area contributed by atoms with Gasteiger partial charge in [-0.2, -0.15) is 15.3 Å².